The predicted octanol–water partition coefficient (Wildman–Crippen LogP) is 5.73. The number of alkyl halides is 3. The Bertz CT molecular complexity index is 1830. The van der Waals surface area contributed by atoms with Gasteiger partial charge in [0, 0.05) is 36.5 Å². The minimum atomic E-state index is -4.70. The number of hydrogen-bond acceptors (Lipinski definition) is 6. The van der Waals surface area contributed by atoms with E-state index < -0.39 is 45.7 Å². The highest BCUT2D eigenvalue weighted by Crippen LogP contribution is 2.40. The van der Waals surface area contributed by atoms with E-state index in [9.17, 15) is 35.9 Å². The maximum atomic E-state index is 14.2. The zero-order chi connectivity index (χ0) is 31.1. The number of fused-ring (bicyclic) bond motifs is 2. The molecule has 0 bridgehead atoms. The third-order valence-corrected chi connectivity index (χ3v) is 8.38. The van der Waals surface area contributed by atoms with Crippen LogP contribution in [0, 0.1) is 5.82 Å². The van der Waals surface area contributed by atoms with Crippen molar-refractivity contribution in [3.63, 3.8) is 0 Å². The lowest BCUT2D eigenvalue weighted by Crippen LogP contribution is -2.32. The molecule has 1 aliphatic rings. The van der Waals surface area contributed by atoms with Crippen LogP contribution in [0.15, 0.2) is 48.5 Å². The van der Waals surface area contributed by atoms with Crippen LogP contribution in [-0.4, -0.2) is 52.5 Å². The molecule has 1 aliphatic heterocycles. The number of rotatable bonds is 9. The number of aryl methyl sites for hydroxylation is 1. The molecular formula is C29H26ClF4N3O5S. The Kier molecular flexibility index (Phi) is 8.43. The van der Waals surface area contributed by atoms with Gasteiger partial charge in [-0.15, -0.1) is 0 Å². The molecule has 3 aromatic carbocycles. The number of carboxylic acid groups (broad SMARTS) is 1. The van der Waals surface area contributed by atoms with Gasteiger partial charge in [-0.1, -0.05) is 17.7 Å². The molecule has 14 heteroatoms. The first-order chi connectivity index (χ1) is 20.2. The zero-order valence-electron chi connectivity index (χ0n) is 22.8. The van der Waals surface area contributed by atoms with Gasteiger partial charge in [-0.25, -0.2) is 22.6 Å². The zero-order valence-corrected chi connectivity index (χ0v) is 24.4. The molecular weight excluding hydrogens is 614 g/mol. The van der Waals surface area contributed by atoms with Gasteiger partial charge in [0.15, 0.2) is 0 Å². The molecule has 0 fully saturated rings. The van der Waals surface area contributed by atoms with Crippen LogP contribution in [0.25, 0.3) is 11.0 Å². The van der Waals surface area contributed by atoms with E-state index in [0.717, 1.165) is 18.4 Å². The highest BCUT2D eigenvalue weighted by molar-refractivity contribution is 7.90. The van der Waals surface area contributed by atoms with Gasteiger partial charge in [0.1, 0.15) is 33.8 Å². The van der Waals surface area contributed by atoms with Crippen LogP contribution in [0.5, 0.6) is 5.75 Å². The quantitative estimate of drug-likeness (QED) is 0.234. The number of aromatic carboxylic acids is 1. The molecule has 0 saturated carbocycles. The lowest BCUT2D eigenvalue weighted by molar-refractivity contribution is -0.139. The van der Waals surface area contributed by atoms with Gasteiger partial charge in [0.25, 0.3) is 0 Å². The molecule has 8 nitrogen and oxygen atoms in total. The summed E-state index contributed by atoms with van der Waals surface area (Å²) in [6.45, 7) is 0.488. The van der Waals surface area contributed by atoms with Crippen molar-refractivity contribution in [2.24, 2.45) is 0 Å². The van der Waals surface area contributed by atoms with Crippen molar-refractivity contribution in [1.29, 1.82) is 0 Å². The second kappa shape index (κ2) is 11.8. The smallest absolute Gasteiger partial charge is 0.419 e. The molecule has 0 radical (unpaired) electrons. The SMILES string of the molecule is CS(=O)(=O)CCn1c(CN2CCc3cc(C(F)(F)F)c(OCc4ccc(Cl)cc4F)cc3C2)nc2ccc(C(=O)O)cc21. The molecule has 0 atom stereocenters. The van der Waals surface area contributed by atoms with E-state index in [1.165, 1.54) is 30.3 Å². The minimum absolute atomic E-state index is 0.0259. The van der Waals surface area contributed by atoms with Crippen LogP contribution in [-0.2, 0) is 48.7 Å². The van der Waals surface area contributed by atoms with Gasteiger partial charge in [0.2, 0.25) is 0 Å². The van der Waals surface area contributed by atoms with Gasteiger partial charge in [-0.2, -0.15) is 13.2 Å². The van der Waals surface area contributed by atoms with Gasteiger partial charge in [0.05, 0.1) is 34.5 Å². The molecule has 1 N–H and O–H groups in total. The third-order valence-electron chi connectivity index (χ3n) is 7.22. The number of halogens is 5. The Hall–Kier alpha value is -3.68. The van der Waals surface area contributed by atoms with E-state index in [1.807, 2.05) is 4.90 Å². The van der Waals surface area contributed by atoms with Crippen LogP contribution in [0.4, 0.5) is 17.6 Å². The molecule has 0 unspecified atom stereocenters. The average molecular weight is 640 g/mol. The molecule has 1 aromatic heterocycles. The molecule has 0 saturated heterocycles. The lowest BCUT2D eigenvalue weighted by Gasteiger charge is -2.30. The van der Waals surface area contributed by atoms with Crippen LogP contribution in [0.2, 0.25) is 5.02 Å². The number of nitrogens with zero attached hydrogens (tertiary/aromatic N) is 3. The van der Waals surface area contributed by atoms with Crippen LogP contribution in [0.3, 0.4) is 0 Å². The average Bonchev–Trinajstić information content (AvgIpc) is 3.25. The van der Waals surface area contributed by atoms with Gasteiger partial charge in [-0.3, -0.25) is 4.90 Å². The summed E-state index contributed by atoms with van der Waals surface area (Å²) < 4.78 is 87.1. The Balaban J connectivity index is 1.43. The maximum absolute atomic E-state index is 14.2. The number of carboxylic acids is 1. The number of sulfone groups is 1. The van der Waals surface area contributed by atoms with Crippen molar-refractivity contribution < 1.29 is 40.6 Å². The standard InChI is InChI=1S/C29H26ClF4N3O5S/c1-43(40,41)9-8-37-25-11-18(28(38)39)3-5-24(25)35-27(37)15-36-7-6-17-10-22(29(32,33)34)26(12-20(17)14-36)42-16-19-2-4-21(30)13-23(19)31/h2-5,10-13H,6-9,14-16H2,1H3,(H,38,39). The summed E-state index contributed by atoms with van der Waals surface area (Å²) in [6.07, 6.45) is -3.29. The summed E-state index contributed by atoms with van der Waals surface area (Å²) in [4.78, 5) is 18.1. The van der Waals surface area contributed by atoms with E-state index in [-0.39, 0.29) is 41.5 Å². The van der Waals surface area contributed by atoms with Crippen LogP contribution >= 0.6 is 11.6 Å². The molecule has 5 rings (SSSR count). The van der Waals surface area contributed by atoms with Crippen LogP contribution < -0.4 is 4.74 Å². The highest BCUT2D eigenvalue weighted by atomic mass is 35.5. The number of hydrogen-bond donors (Lipinski definition) is 1. The van der Waals surface area contributed by atoms with Crippen molar-refractivity contribution in [1.82, 2.24) is 14.5 Å². The summed E-state index contributed by atoms with van der Waals surface area (Å²) >= 11 is 5.77. The Morgan fingerprint density at radius 1 is 1.12 bits per heavy atom. The number of benzene rings is 3. The fraction of sp³-hybridized carbons (Fsp3) is 0.310. The van der Waals surface area contributed by atoms with Crippen molar-refractivity contribution >= 4 is 38.4 Å². The number of carbonyl (C=O) groups is 1. The van der Waals surface area contributed by atoms with E-state index in [0.29, 0.717) is 41.0 Å². The number of aromatic nitrogens is 2. The summed E-state index contributed by atoms with van der Waals surface area (Å²) in [5.74, 6) is -1.96. The molecule has 0 aliphatic carbocycles. The van der Waals surface area contributed by atoms with E-state index in [1.54, 1.807) is 10.6 Å². The molecule has 4 aromatic rings. The lowest BCUT2D eigenvalue weighted by atomic mass is 9.96. The fourth-order valence-corrected chi connectivity index (χ4v) is 5.72. The van der Waals surface area contributed by atoms with Crippen molar-refractivity contribution in [2.75, 3.05) is 18.6 Å². The van der Waals surface area contributed by atoms with E-state index >= 15 is 0 Å². The second-order valence-electron chi connectivity index (χ2n) is 10.4. The molecule has 2 heterocycles. The molecule has 228 valence electrons. The predicted molar refractivity (Wildman–Crippen MR) is 151 cm³/mol. The summed E-state index contributed by atoms with van der Waals surface area (Å²) in [6, 6.07) is 10.6. The van der Waals surface area contributed by atoms with Gasteiger partial charge in [-0.05, 0) is 60.0 Å². The first kappa shape index (κ1) is 30.8. The largest absolute Gasteiger partial charge is 0.488 e. The van der Waals surface area contributed by atoms with Crippen molar-refractivity contribution in [3.05, 3.63) is 93.0 Å². The molecule has 0 amide bonds. The van der Waals surface area contributed by atoms with Gasteiger partial charge >= 0.3 is 12.1 Å². The number of imidazole rings is 1. The Morgan fingerprint density at radius 2 is 1.88 bits per heavy atom. The molecule has 0 spiro atoms. The Morgan fingerprint density at radius 3 is 2.56 bits per heavy atom. The normalized spacial score (nSPS) is 14.2. The van der Waals surface area contributed by atoms with Gasteiger partial charge < -0.3 is 14.4 Å². The number of ether oxygens (including phenoxy) is 1. The van der Waals surface area contributed by atoms with E-state index in [4.69, 9.17) is 16.3 Å². The minimum Gasteiger partial charge on any atom is -0.488 e. The Labute approximate surface area is 249 Å². The third kappa shape index (κ3) is 7.11. The highest BCUT2D eigenvalue weighted by Gasteiger charge is 2.36. The van der Waals surface area contributed by atoms with E-state index in [2.05, 4.69) is 4.98 Å². The first-order valence-corrected chi connectivity index (χ1v) is 15.5. The first-order valence-electron chi connectivity index (χ1n) is 13.1. The monoisotopic (exact) mass is 639 g/mol. The second-order valence-corrected chi connectivity index (χ2v) is 13.1. The topological polar surface area (TPSA) is 102 Å². The molecule has 43 heavy (non-hydrogen) atoms. The summed E-state index contributed by atoms with van der Waals surface area (Å²) in [5.41, 5.74) is 1.18. The summed E-state index contributed by atoms with van der Waals surface area (Å²) in [7, 11) is -3.35. The van der Waals surface area contributed by atoms with Crippen LogP contribution in [0.1, 0.15) is 38.4 Å². The fourth-order valence-electron chi connectivity index (χ4n) is 5.05. The summed E-state index contributed by atoms with van der Waals surface area (Å²) in [5, 5.41) is 9.59. The van der Waals surface area contributed by atoms with Crippen molar-refractivity contribution in [3.8, 4) is 5.75 Å². The van der Waals surface area contributed by atoms with Crippen molar-refractivity contribution in [2.45, 2.75) is 38.8 Å². The maximum Gasteiger partial charge on any atom is 0.419 e.